The summed E-state index contributed by atoms with van der Waals surface area (Å²) in [6.07, 6.45) is 1.03. The number of benzene rings is 1. The van der Waals surface area contributed by atoms with Crippen LogP contribution in [0, 0.1) is 14.9 Å². The largest absolute Gasteiger partial charge is 0.192 e. The van der Waals surface area contributed by atoms with Gasteiger partial charge in [-0.3, -0.25) is 0 Å². The fourth-order valence-corrected chi connectivity index (χ4v) is 1.80. The van der Waals surface area contributed by atoms with E-state index in [2.05, 4.69) is 35.6 Å². The summed E-state index contributed by atoms with van der Waals surface area (Å²) in [5, 5.41) is 8.57. The molecule has 0 aliphatic rings. The molecule has 0 radical (unpaired) electrons. The first-order valence-corrected chi connectivity index (χ1v) is 4.54. The Morgan fingerprint density at radius 2 is 2.27 bits per heavy atom. The van der Waals surface area contributed by atoms with Crippen LogP contribution >= 0.6 is 22.6 Å². The Labute approximate surface area is 80.2 Å². The van der Waals surface area contributed by atoms with Gasteiger partial charge in [0, 0.05) is 3.57 Å². The van der Waals surface area contributed by atoms with E-state index in [4.69, 9.17) is 5.26 Å². The van der Waals surface area contributed by atoms with Crippen molar-refractivity contribution in [1.82, 2.24) is 0 Å². The molecule has 0 unspecified atom stereocenters. The van der Waals surface area contributed by atoms with E-state index in [1.807, 2.05) is 18.2 Å². The highest BCUT2D eigenvalue weighted by molar-refractivity contribution is 14.1. The van der Waals surface area contributed by atoms with E-state index in [-0.39, 0.29) is 0 Å². The van der Waals surface area contributed by atoms with Gasteiger partial charge in [0.2, 0.25) is 0 Å². The van der Waals surface area contributed by atoms with Gasteiger partial charge in [0.25, 0.3) is 0 Å². The van der Waals surface area contributed by atoms with Gasteiger partial charge in [-0.25, -0.2) is 0 Å². The number of rotatable bonds is 1. The zero-order valence-corrected chi connectivity index (χ0v) is 8.42. The molecule has 0 saturated heterocycles. The minimum Gasteiger partial charge on any atom is -0.192 e. The zero-order chi connectivity index (χ0) is 8.27. The molecule has 1 aromatic carbocycles. The van der Waals surface area contributed by atoms with E-state index in [1.54, 1.807) is 0 Å². The molecule has 0 aliphatic carbocycles. The Hall–Kier alpha value is -0.560. The molecule has 0 amide bonds. The molecule has 1 nitrogen and oxygen atoms in total. The first-order chi connectivity index (χ1) is 5.27. The lowest BCUT2D eigenvalue weighted by Crippen LogP contribution is -1.86. The molecule has 0 aliphatic heterocycles. The summed E-state index contributed by atoms with van der Waals surface area (Å²) in [5.74, 6) is 0. The predicted octanol–water partition coefficient (Wildman–Crippen LogP) is 2.73. The van der Waals surface area contributed by atoms with Gasteiger partial charge < -0.3 is 0 Å². The molecule has 0 aromatic heterocycles. The van der Waals surface area contributed by atoms with E-state index in [1.165, 1.54) is 9.13 Å². The van der Waals surface area contributed by atoms with E-state index in [0.717, 1.165) is 12.0 Å². The number of aryl methyl sites for hydroxylation is 1. The van der Waals surface area contributed by atoms with Crippen LogP contribution in [0.5, 0.6) is 0 Å². The molecule has 0 heterocycles. The van der Waals surface area contributed by atoms with Gasteiger partial charge in [-0.2, -0.15) is 5.26 Å². The van der Waals surface area contributed by atoms with E-state index < -0.39 is 0 Å². The molecule has 1 rings (SSSR count). The summed E-state index contributed by atoms with van der Waals surface area (Å²) in [6, 6.07) is 7.91. The van der Waals surface area contributed by atoms with Crippen molar-refractivity contribution in [2.75, 3.05) is 0 Å². The van der Waals surface area contributed by atoms with E-state index in [9.17, 15) is 0 Å². The highest BCUT2D eigenvalue weighted by atomic mass is 127. The predicted molar refractivity (Wildman–Crippen MR) is 53.3 cm³/mol. The van der Waals surface area contributed by atoms with Gasteiger partial charge in [0.05, 0.1) is 11.6 Å². The van der Waals surface area contributed by atoms with Gasteiger partial charge in [0.15, 0.2) is 0 Å². The second-order valence-electron chi connectivity index (χ2n) is 2.27. The molecule has 11 heavy (non-hydrogen) atoms. The third-order valence-electron chi connectivity index (χ3n) is 1.56. The van der Waals surface area contributed by atoms with E-state index >= 15 is 0 Å². The number of halogens is 1. The van der Waals surface area contributed by atoms with Crippen LogP contribution in [0.2, 0.25) is 0 Å². The average Bonchev–Trinajstić information content (AvgIpc) is 2.04. The van der Waals surface area contributed by atoms with Crippen LogP contribution in [-0.4, -0.2) is 0 Å². The second kappa shape index (κ2) is 3.72. The molecular formula is C9H8IN. The van der Waals surface area contributed by atoms with Crippen molar-refractivity contribution >= 4 is 22.6 Å². The first-order valence-electron chi connectivity index (χ1n) is 3.46. The normalized spacial score (nSPS) is 9.18. The fraction of sp³-hybridized carbons (Fsp3) is 0.222. The number of nitrogens with zero attached hydrogens (tertiary/aromatic N) is 1. The topological polar surface area (TPSA) is 23.8 Å². The molecule has 0 saturated carbocycles. The highest BCUT2D eigenvalue weighted by Gasteiger charge is 1.97. The lowest BCUT2D eigenvalue weighted by molar-refractivity contribution is 1.12. The molecule has 1 aromatic rings. The van der Waals surface area contributed by atoms with Crippen molar-refractivity contribution in [2.45, 2.75) is 13.3 Å². The molecule has 56 valence electrons. The van der Waals surface area contributed by atoms with Crippen LogP contribution < -0.4 is 0 Å². The summed E-state index contributed by atoms with van der Waals surface area (Å²) < 4.78 is 1.18. The Kier molecular flexibility index (Phi) is 2.89. The summed E-state index contributed by atoms with van der Waals surface area (Å²) >= 11 is 2.26. The minimum absolute atomic E-state index is 0.742. The van der Waals surface area contributed by atoms with E-state index in [0.29, 0.717) is 0 Å². The monoisotopic (exact) mass is 257 g/mol. The third-order valence-corrected chi connectivity index (χ3v) is 2.57. The van der Waals surface area contributed by atoms with Crippen LogP contribution in [0.3, 0.4) is 0 Å². The molecule has 2 heteroatoms. The molecule has 0 fully saturated rings. The standard InChI is InChI=1S/C9H8IN/c1-2-8-4-3-7(6-11)5-9(8)10/h3-5H,2H2,1H3. The zero-order valence-electron chi connectivity index (χ0n) is 6.26. The average molecular weight is 257 g/mol. The third kappa shape index (κ3) is 1.93. The SMILES string of the molecule is CCc1ccc(C#N)cc1I. The van der Waals surface area contributed by atoms with Crippen LogP contribution in [0.15, 0.2) is 18.2 Å². The lowest BCUT2D eigenvalue weighted by atomic mass is 10.1. The second-order valence-corrected chi connectivity index (χ2v) is 3.43. The lowest BCUT2D eigenvalue weighted by Gasteiger charge is -1.99. The van der Waals surface area contributed by atoms with Crippen LogP contribution in [0.25, 0.3) is 0 Å². The quantitative estimate of drug-likeness (QED) is 0.709. The maximum absolute atomic E-state index is 8.57. The molecule has 0 spiro atoms. The number of hydrogen-bond acceptors (Lipinski definition) is 1. The summed E-state index contributed by atoms with van der Waals surface area (Å²) in [4.78, 5) is 0. The van der Waals surface area contributed by atoms with Crippen molar-refractivity contribution < 1.29 is 0 Å². The highest BCUT2D eigenvalue weighted by Crippen LogP contribution is 2.14. The van der Waals surface area contributed by atoms with Crippen molar-refractivity contribution in [2.24, 2.45) is 0 Å². The minimum atomic E-state index is 0.742. The maximum Gasteiger partial charge on any atom is 0.0991 e. The Morgan fingerprint density at radius 1 is 1.55 bits per heavy atom. The summed E-state index contributed by atoms with van der Waals surface area (Å²) in [6.45, 7) is 2.11. The van der Waals surface area contributed by atoms with Gasteiger partial charge in [-0.1, -0.05) is 13.0 Å². The van der Waals surface area contributed by atoms with Gasteiger partial charge in [-0.05, 0) is 46.7 Å². The molecule has 0 atom stereocenters. The Morgan fingerprint density at radius 3 is 2.73 bits per heavy atom. The molecule has 0 bridgehead atoms. The summed E-state index contributed by atoms with van der Waals surface area (Å²) in [5.41, 5.74) is 2.05. The van der Waals surface area contributed by atoms with Crippen molar-refractivity contribution in [3.8, 4) is 6.07 Å². The molecule has 0 N–H and O–H groups in total. The number of nitriles is 1. The smallest absolute Gasteiger partial charge is 0.0991 e. The van der Waals surface area contributed by atoms with Crippen LogP contribution in [0.1, 0.15) is 18.1 Å². The Balaban J connectivity index is 3.12. The van der Waals surface area contributed by atoms with Gasteiger partial charge >= 0.3 is 0 Å². The Bertz CT molecular complexity index is 299. The van der Waals surface area contributed by atoms with Crippen LogP contribution in [-0.2, 0) is 6.42 Å². The van der Waals surface area contributed by atoms with Gasteiger partial charge in [0.1, 0.15) is 0 Å². The maximum atomic E-state index is 8.57. The first kappa shape index (κ1) is 8.54. The summed E-state index contributed by atoms with van der Waals surface area (Å²) in [7, 11) is 0. The van der Waals surface area contributed by atoms with Gasteiger partial charge in [-0.15, -0.1) is 0 Å². The molecular weight excluding hydrogens is 249 g/mol. The fourth-order valence-electron chi connectivity index (χ4n) is 0.904. The van der Waals surface area contributed by atoms with Crippen LogP contribution in [0.4, 0.5) is 0 Å². The van der Waals surface area contributed by atoms with Crippen molar-refractivity contribution in [1.29, 1.82) is 5.26 Å². The van der Waals surface area contributed by atoms with Crippen molar-refractivity contribution in [3.05, 3.63) is 32.9 Å². The number of hydrogen-bond donors (Lipinski definition) is 0. The van der Waals surface area contributed by atoms with Crippen molar-refractivity contribution in [3.63, 3.8) is 0 Å².